The first kappa shape index (κ1) is 22.4. The summed E-state index contributed by atoms with van der Waals surface area (Å²) in [6.07, 6.45) is 9.40. The van der Waals surface area contributed by atoms with Gasteiger partial charge in [-0.15, -0.1) is 5.10 Å². The normalized spacial score (nSPS) is 17.8. The van der Waals surface area contributed by atoms with Crippen LogP contribution >= 0.6 is 0 Å². The largest absolute Gasteiger partial charge is 0.490 e. The van der Waals surface area contributed by atoms with Gasteiger partial charge < -0.3 is 19.1 Å². The van der Waals surface area contributed by atoms with Gasteiger partial charge in [0.25, 0.3) is 5.88 Å². The molecule has 3 aromatic heterocycles. The number of aromatic nitrogens is 3. The number of aliphatic hydroxyl groups is 1. The summed E-state index contributed by atoms with van der Waals surface area (Å²) in [5, 5.41) is 22.5. The third kappa shape index (κ3) is 4.36. The van der Waals surface area contributed by atoms with Gasteiger partial charge >= 0.3 is 0 Å². The lowest BCUT2D eigenvalue weighted by atomic mass is 9.98. The Morgan fingerprint density at radius 1 is 1.09 bits per heavy atom. The number of likely N-dealkylation sites (tertiary alicyclic amines) is 1. The molecule has 0 bridgehead atoms. The summed E-state index contributed by atoms with van der Waals surface area (Å²) in [4.78, 5) is 7.27. The third-order valence-corrected chi connectivity index (χ3v) is 6.26. The second kappa shape index (κ2) is 9.82. The molecule has 9 heteroatoms. The number of hydrogen-bond donors (Lipinski definition) is 2. The lowest BCUT2D eigenvalue weighted by Gasteiger charge is -2.27. The fourth-order valence-electron chi connectivity index (χ4n) is 4.54. The first-order valence-corrected chi connectivity index (χ1v) is 11.8. The molecule has 5 rings (SSSR count). The van der Waals surface area contributed by atoms with Crippen molar-refractivity contribution < 1.29 is 14.6 Å². The van der Waals surface area contributed by atoms with Crippen LogP contribution in [0.25, 0.3) is 11.3 Å². The van der Waals surface area contributed by atoms with Crippen molar-refractivity contribution in [3.63, 3.8) is 0 Å². The van der Waals surface area contributed by atoms with Gasteiger partial charge in [-0.2, -0.15) is 0 Å². The lowest BCUT2D eigenvalue weighted by molar-refractivity contribution is 0.169. The van der Waals surface area contributed by atoms with Gasteiger partial charge in [-0.1, -0.05) is 12.5 Å². The van der Waals surface area contributed by atoms with Crippen LogP contribution in [-0.4, -0.2) is 75.1 Å². The average molecular weight is 463 g/mol. The van der Waals surface area contributed by atoms with Crippen molar-refractivity contribution in [2.24, 2.45) is 12.0 Å². The maximum absolute atomic E-state index is 9.22. The highest BCUT2D eigenvalue weighted by Gasteiger charge is 2.27. The van der Waals surface area contributed by atoms with Crippen molar-refractivity contribution in [2.75, 3.05) is 39.5 Å². The van der Waals surface area contributed by atoms with Gasteiger partial charge in [0.15, 0.2) is 5.69 Å². The van der Waals surface area contributed by atoms with Gasteiger partial charge in [-0.25, -0.2) is 9.51 Å². The number of allylic oxidation sites excluding steroid dienone is 1. The summed E-state index contributed by atoms with van der Waals surface area (Å²) in [5.41, 5.74) is 3.76. The molecule has 0 radical (unpaired) electrons. The molecule has 1 fully saturated rings. The van der Waals surface area contributed by atoms with Crippen LogP contribution in [0.3, 0.4) is 0 Å². The van der Waals surface area contributed by atoms with Gasteiger partial charge in [-0.05, 0) is 44.1 Å². The number of piperidine rings is 1. The summed E-state index contributed by atoms with van der Waals surface area (Å²) in [6, 6.07) is 7.61. The van der Waals surface area contributed by atoms with Gasteiger partial charge in [0.05, 0.1) is 29.2 Å². The maximum Gasteiger partial charge on any atom is 0.260 e. The number of rotatable bonds is 8. The SMILES string of the molecule is Cn1ccc2c1C(OCCN1CCCCC1)=C/C(=N\c1c(OCCO)nn3ccccc13)C2=N. The fraction of sp³-hybridized carbons (Fsp3) is 0.400. The lowest BCUT2D eigenvalue weighted by Crippen LogP contribution is -2.32. The van der Waals surface area contributed by atoms with Crippen molar-refractivity contribution in [1.29, 1.82) is 5.41 Å². The van der Waals surface area contributed by atoms with Crippen LogP contribution < -0.4 is 4.74 Å². The standard InChI is InChI=1S/C25H30N6O3/c1-29-12-8-18-22(26)19(17-21(24(18)29)33-15-13-30-9-4-2-5-10-30)27-23-20-7-3-6-11-31(20)28-25(23)34-16-14-32/h3,6-8,11-12,17,26,32H,2,4-5,9-10,13-16H2,1H3/b26-22?,27-19+. The zero-order chi connectivity index (χ0) is 23.5. The number of aliphatic imine (C=N–C) groups is 1. The molecule has 178 valence electrons. The third-order valence-electron chi connectivity index (χ3n) is 6.26. The second-order valence-corrected chi connectivity index (χ2v) is 8.58. The molecule has 3 aromatic rings. The highest BCUT2D eigenvalue weighted by Crippen LogP contribution is 2.34. The smallest absolute Gasteiger partial charge is 0.260 e. The predicted molar refractivity (Wildman–Crippen MR) is 131 cm³/mol. The van der Waals surface area contributed by atoms with Crippen LogP contribution in [0.2, 0.25) is 0 Å². The fourth-order valence-corrected chi connectivity index (χ4v) is 4.54. The van der Waals surface area contributed by atoms with E-state index in [0.717, 1.165) is 36.4 Å². The minimum absolute atomic E-state index is 0.114. The van der Waals surface area contributed by atoms with E-state index in [4.69, 9.17) is 19.9 Å². The van der Waals surface area contributed by atoms with E-state index in [2.05, 4.69) is 10.00 Å². The van der Waals surface area contributed by atoms with E-state index >= 15 is 0 Å². The number of aryl methyl sites for hydroxylation is 1. The molecule has 34 heavy (non-hydrogen) atoms. The van der Waals surface area contributed by atoms with Gasteiger partial charge in [0.2, 0.25) is 0 Å². The first-order chi connectivity index (χ1) is 16.7. The van der Waals surface area contributed by atoms with Gasteiger partial charge in [-0.3, -0.25) is 10.3 Å². The Hall–Kier alpha value is -3.43. The number of fused-ring (bicyclic) bond motifs is 2. The monoisotopic (exact) mass is 462 g/mol. The molecule has 1 aliphatic heterocycles. The van der Waals surface area contributed by atoms with Crippen molar-refractivity contribution in [3.05, 3.63) is 54.0 Å². The van der Waals surface area contributed by atoms with Crippen molar-refractivity contribution in [3.8, 4) is 5.88 Å². The highest BCUT2D eigenvalue weighted by molar-refractivity contribution is 6.54. The molecule has 0 aromatic carbocycles. The van der Waals surface area contributed by atoms with Crippen LogP contribution in [0.4, 0.5) is 5.69 Å². The molecule has 1 aliphatic carbocycles. The minimum atomic E-state index is -0.123. The van der Waals surface area contributed by atoms with E-state index in [-0.39, 0.29) is 13.2 Å². The van der Waals surface area contributed by atoms with E-state index in [1.807, 2.05) is 54.3 Å². The molecule has 0 saturated carbocycles. The van der Waals surface area contributed by atoms with Gasteiger partial charge in [0, 0.05) is 37.6 Å². The molecule has 0 unspecified atom stereocenters. The maximum atomic E-state index is 9.22. The highest BCUT2D eigenvalue weighted by atomic mass is 16.5. The van der Waals surface area contributed by atoms with Crippen molar-refractivity contribution in [1.82, 2.24) is 19.1 Å². The average Bonchev–Trinajstić information content (AvgIpc) is 3.42. The van der Waals surface area contributed by atoms with E-state index in [0.29, 0.717) is 35.4 Å². The minimum Gasteiger partial charge on any atom is -0.490 e. The molecule has 9 nitrogen and oxygen atoms in total. The van der Waals surface area contributed by atoms with Crippen molar-refractivity contribution >= 4 is 28.4 Å². The van der Waals surface area contributed by atoms with E-state index in [1.165, 1.54) is 19.3 Å². The molecule has 0 amide bonds. The number of nitrogens with one attached hydrogen (secondary N) is 1. The topological polar surface area (TPSA) is 100 Å². The molecular formula is C25H30N6O3. The quantitative estimate of drug-likeness (QED) is 0.536. The Labute approximate surface area is 198 Å². The Kier molecular flexibility index (Phi) is 6.46. The Morgan fingerprint density at radius 3 is 2.76 bits per heavy atom. The summed E-state index contributed by atoms with van der Waals surface area (Å²) in [5.74, 6) is 1.03. The Bertz CT molecular complexity index is 1250. The zero-order valence-electron chi connectivity index (χ0n) is 19.4. The van der Waals surface area contributed by atoms with E-state index in [1.54, 1.807) is 4.52 Å². The number of aliphatic hydroxyl groups excluding tert-OH is 1. The van der Waals surface area contributed by atoms with Crippen LogP contribution in [0.15, 0.2) is 47.7 Å². The molecule has 0 spiro atoms. The summed E-state index contributed by atoms with van der Waals surface area (Å²) >= 11 is 0. The van der Waals surface area contributed by atoms with E-state index < -0.39 is 0 Å². The van der Waals surface area contributed by atoms with Gasteiger partial charge in [0.1, 0.15) is 19.0 Å². The summed E-state index contributed by atoms with van der Waals surface area (Å²) < 4.78 is 15.6. The first-order valence-electron chi connectivity index (χ1n) is 11.8. The Morgan fingerprint density at radius 2 is 1.94 bits per heavy atom. The second-order valence-electron chi connectivity index (χ2n) is 8.58. The number of ether oxygens (including phenoxy) is 2. The molecule has 1 saturated heterocycles. The summed E-state index contributed by atoms with van der Waals surface area (Å²) in [6.45, 7) is 3.71. The van der Waals surface area contributed by atoms with Crippen LogP contribution in [-0.2, 0) is 11.8 Å². The molecule has 2 N–H and O–H groups in total. The van der Waals surface area contributed by atoms with Crippen LogP contribution in [0, 0.1) is 5.41 Å². The van der Waals surface area contributed by atoms with E-state index in [9.17, 15) is 5.11 Å². The molecule has 0 atom stereocenters. The van der Waals surface area contributed by atoms with Crippen molar-refractivity contribution in [2.45, 2.75) is 19.3 Å². The Balaban J connectivity index is 1.48. The predicted octanol–water partition coefficient (Wildman–Crippen LogP) is 3.04. The van der Waals surface area contributed by atoms with Crippen LogP contribution in [0.1, 0.15) is 30.5 Å². The zero-order valence-corrected chi connectivity index (χ0v) is 19.4. The van der Waals surface area contributed by atoms with Crippen LogP contribution in [0.5, 0.6) is 5.88 Å². The summed E-state index contributed by atoms with van der Waals surface area (Å²) in [7, 11) is 1.96. The number of hydrogen-bond acceptors (Lipinski definition) is 7. The molecule has 4 heterocycles. The molecule has 2 aliphatic rings. The number of nitrogens with zero attached hydrogens (tertiary/aromatic N) is 5. The number of pyridine rings is 1. The molecular weight excluding hydrogens is 432 g/mol.